The normalized spacial score (nSPS) is 19.2. The molecule has 1 aliphatic heterocycles. The van der Waals surface area contributed by atoms with E-state index >= 15 is 0 Å². The van der Waals surface area contributed by atoms with Crippen LogP contribution in [0.5, 0.6) is 0 Å². The van der Waals surface area contributed by atoms with Gasteiger partial charge in [-0.3, -0.25) is 9.59 Å². The summed E-state index contributed by atoms with van der Waals surface area (Å²) in [5, 5.41) is 2.86. The highest BCUT2D eigenvalue weighted by atomic mass is 19.1. The lowest BCUT2D eigenvalue weighted by molar-refractivity contribution is -0.117. The number of nitrogens with one attached hydrogen (secondary N) is 1. The van der Waals surface area contributed by atoms with Gasteiger partial charge in [0.05, 0.1) is 5.69 Å². The number of fused-ring (bicyclic) bond motifs is 1. The summed E-state index contributed by atoms with van der Waals surface area (Å²) in [6.45, 7) is 8.53. The summed E-state index contributed by atoms with van der Waals surface area (Å²) in [4.78, 5) is 25.2. The number of rotatable bonds is 4. The minimum atomic E-state index is -0.609. The molecule has 25 heavy (non-hydrogen) atoms. The summed E-state index contributed by atoms with van der Waals surface area (Å²) in [6.07, 6.45) is 2.57. The maximum Gasteiger partial charge on any atom is 0.249 e. The zero-order valence-corrected chi connectivity index (χ0v) is 14.5. The van der Waals surface area contributed by atoms with Crippen LogP contribution in [0.2, 0.25) is 0 Å². The van der Waals surface area contributed by atoms with Gasteiger partial charge in [0.25, 0.3) is 0 Å². The number of amides is 2. The number of carbonyl (C=O) groups is 2. The zero-order valence-electron chi connectivity index (χ0n) is 14.5. The third kappa shape index (κ3) is 2.92. The van der Waals surface area contributed by atoms with Crippen LogP contribution in [-0.2, 0) is 11.2 Å². The van der Waals surface area contributed by atoms with E-state index in [1.165, 1.54) is 12.1 Å². The van der Waals surface area contributed by atoms with Gasteiger partial charge in [-0.05, 0) is 50.0 Å². The van der Waals surface area contributed by atoms with E-state index in [-0.39, 0.29) is 17.5 Å². The third-order valence-corrected chi connectivity index (χ3v) is 5.12. The predicted molar refractivity (Wildman–Crippen MR) is 95.8 cm³/mol. The van der Waals surface area contributed by atoms with E-state index in [2.05, 4.69) is 11.9 Å². The van der Waals surface area contributed by atoms with Crippen molar-refractivity contribution in [2.75, 3.05) is 18.0 Å². The minimum Gasteiger partial charge on any atom is -0.367 e. The molecule has 5 nitrogen and oxygen atoms in total. The first-order valence-electron chi connectivity index (χ1n) is 8.33. The molecule has 1 atom stereocenters. The van der Waals surface area contributed by atoms with E-state index in [9.17, 15) is 14.0 Å². The first kappa shape index (κ1) is 17.2. The smallest absolute Gasteiger partial charge is 0.249 e. The van der Waals surface area contributed by atoms with Crippen LogP contribution < -0.4 is 16.0 Å². The van der Waals surface area contributed by atoms with E-state index < -0.39 is 11.7 Å². The summed E-state index contributed by atoms with van der Waals surface area (Å²) < 4.78 is 14.9. The highest BCUT2D eigenvalue weighted by Gasteiger charge is 2.32. The number of allylic oxidation sites excluding steroid dienone is 2. The van der Waals surface area contributed by atoms with E-state index in [1.807, 2.05) is 18.7 Å². The second-order valence-corrected chi connectivity index (χ2v) is 6.70. The van der Waals surface area contributed by atoms with Crippen LogP contribution in [0.3, 0.4) is 0 Å². The largest absolute Gasteiger partial charge is 0.367 e. The van der Waals surface area contributed by atoms with Crippen molar-refractivity contribution >= 4 is 23.1 Å². The van der Waals surface area contributed by atoms with Crippen LogP contribution in [0.4, 0.5) is 10.1 Å². The Hall–Kier alpha value is -2.63. The standard InChI is InChI=1S/C19H22FN3O2/c1-4-16(24)22-12-5-6-23(9-12)18-15(20)8-14(19(21)25)13-7-10(2)11(3)17(13)18/h4,8,12H,1,5-7,9H2,2-3H3,(H2,21,25)(H,22,24)/t12-/m0/s1. The fraction of sp³-hybridized carbons (Fsp3) is 0.368. The maximum absolute atomic E-state index is 14.9. The Morgan fingerprint density at radius 2 is 2.16 bits per heavy atom. The number of benzene rings is 1. The van der Waals surface area contributed by atoms with Gasteiger partial charge in [0.2, 0.25) is 11.8 Å². The summed E-state index contributed by atoms with van der Waals surface area (Å²) in [7, 11) is 0. The van der Waals surface area contributed by atoms with Crippen molar-refractivity contribution in [2.45, 2.75) is 32.7 Å². The van der Waals surface area contributed by atoms with Gasteiger partial charge in [-0.25, -0.2) is 4.39 Å². The SMILES string of the molecule is C=CC(=O)N[C@H]1CCN(c2c(F)cc(C(N)=O)c3c2C(C)=C(C)C3)C1. The number of hydrogen-bond acceptors (Lipinski definition) is 3. The summed E-state index contributed by atoms with van der Waals surface area (Å²) >= 11 is 0. The molecule has 0 radical (unpaired) electrons. The Labute approximate surface area is 146 Å². The second kappa shape index (κ2) is 6.35. The summed E-state index contributed by atoms with van der Waals surface area (Å²) in [5.74, 6) is -1.28. The molecule has 0 aromatic heterocycles. The molecule has 0 bridgehead atoms. The molecule has 2 aliphatic rings. The number of nitrogens with two attached hydrogens (primary N) is 1. The van der Waals surface area contributed by atoms with Gasteiger partial charge in [0.1, 0.15) is 5.82 Å². The molecule has 3 rings (SSSR count). The van der Waals surface area contributed by atoms with Crippen molar-refractivity contribution in [3.63, 3.8) is 0 Å². The highest BCUT2D eigenvalue weighted by Crippen LogP contribution is 2.43. The molecule has 0 saturated carbocycles. The Bertz CT molecular complexity index is 813. The van der Waals surface area contributed by atoms with Gasteiger partial charge in [0.15, 0.2) is 0 Å². The van der Waals surface area contributed by atoms with Crippen LogP contribution in [0.15, 0.2) is 24.3 Å². The van der Waals surface area contributed by atoms with Crippen molar-refractivity contribution in [3.05, 3.63) is 46.8 Å². The van der Waals surface area contributed by atoms with Gasteiger partial charge < -0.3 is 16.0 Å². The van der Waals surface area contributed by atoms with Crippen LogP contribution in [-0.4, -0.2) is 30.9 Å². The molecule has 1 aliphatic carbocycles. The molecule has 3 N–H and O–H groups in total. The number of hydrogen-bond donors (Lipinski definition) is 2. The van der Waals surface area contributed by atoms with Crippen LogP contribution in [0.25, 0.3) is 5.57 Å². The number of anilines is 1. The molecule has 0 unspecified atom stereocenters. The maximum atomic E-state index is 14.9. The summed E-state index contributed by atoms with van der Waals surface area (Å²) in [6, 6.07) is 1.20. The van der Waals surface area contributed by atoms with E-state index in [4.69, 9.17) is 5.73 Å². The number of nitrogens with zero attached hydrogens (tertiary/aromatic N) is 1. The molecule has 0 spiro atoms. The fourth-order valence-electron chi connectivity index (χ4n) is 3.75. The zero-order chi connectivity index (χ0) is 18.3. The first-order valence-corrected chi connectivity index (χ1v) is 8.33. The molecule has 2 amide bonds. The molecule has 1 saturated heterocycles. The average molecular weight is 343 g/mol. The molecule has 132 valence electrons. The molecule has 1 aromatic carbocycles. The van der Waals surface area contributed by atoms with Gasteiger partial charge in [-0.1, -0.05) is 12.2 Å². The molecule has 1 fully saturated rings. The van der Waals surface area contributed by atoms with Crippen molar-refractivity contribution in [3.8, 4) is 0 Å². The lowest BCUT2D eigenvalue weighted by atomic mass is 9.97. The number of halogens is 1. The van der Waals surface area contributed by atoms with Gasteiger partial charge in [0, 0.05) is 30.3 Å². The number of carbonyl (C=O) groups excluding carboxylic acids is 2. The molecular formula is C19H22FN3O2. The highest BCUT2D eigenvalue weighted by molar-refractivity contribution is 5.99. The molecule has 1 heterocycles. The topological polar surface area (TPSA) is 75.4 Å². The van der Waals surface area contributed by atoms with E-state index in [1.54, 1.807) is 0 Å². The van der Waals surface area contributed by atoms with Crippen LogP contribution in [0.1, 0.15) is 41.8 Å². The Balaban J connectivity index is 2.01. The first-order chi connectivity index (χ1) is 11.8. The monoisotopic (exact) mass is 343 g/mol. The second-order valence-electron chi connectivity index (χ2n) is 6.70. The average Bonchev–Trinajstić information content (AvgIpc) is 3.12. The number of primary amides is 1. The van der Waals surface area contributed by atoms with E-state index in [0.717, 1.165) is 28.7 Å². The van der Waals surface area contributed by atoms with Gasteiger partial charge >= 0.3 is 0 Å². The summed E-state index contributed by atoms with van der Waals surface area (Å²) in [5.41, 5.74) is 9.89. The van der Waals surface area contributed by atoms with Crippen molar-refractivity contribution in [1.29, 1.82) is 0 Å². The van der Waals surface area contributed by atoms with E-state index in [0.29, 0.717) is 25.2 Å². The fourth-order valence-corrected chi connectivity index (χ4v) is 3.75. The van der Waals surface area contributed by atoms with Crippen molar-refractivity contribution in [1.82, 2.24) is 5.32 Å². The quantitative estimate of drug-likeness (QED) is 0.823. The van der Waals surface area contributed by atoms with Gasteiger partial charge in [-0.15, -0.1) is 0 Å². The Kier molecular flexibility index (Phi) is 4.37. The third-order valence-electron chi connectivity index (χ3n) is 5.12. The Morgan fingerprint density at radius 3 is 2.80 bits per heavy atom. The lowest BCUT2D eigenvalue weighted by Crippen LogP contribution is -2.36. The Morgan fingerprint density at radius 1 is 1.44 bits per heavy atom. The van der Waals surface area contributed by atoms with Crippen molar-refractivity contribution < 1.29 is 14.0 Å². The van der Waals surface area contributed by atoms with Crippen molar-refractivity contribution in [2.24, 2.45) is 5.73 Å². The molecular weight excluding hydrogens is 321 g/mol. The predicted octanol–water partition coefficient (Wildman–Crippen LogP) is 2.16. The minimum absolute atomic E-state index is 0.0526. The lowest BCUT2D eigenvalue weighted by Gasteiger charge is -2.24. The molecule has 6 heteroatoms. The van der Waals surface area contributed by atoms with Crippen LogP contribution >= 0.6 is 0 Å². The molecule has 1 aromatic rings. The van der Waals surface area contributed by atoms with Crippen LogP contribution in [0, 0.1) is 5.82 Å². The van der Waals surface area contributed by atoms with Gasteiger partial charge in [-0.2, -0.15) is 0 Å².